The lowest BCUT2D eigenvalue weighted by molar-refractivity contribution is -0.141. The lowest BCUT2D eigenvalue weighted by Gasteiger charge is -2.18. The van der Waals surface area contributed by atoms with E-state index >= 15 is 0 Å². The molecule has 0 aliphatic heterocycles. The number of nitrogens with zero attached hydrogens (tertiary/aromatic N) is 1. The minimum Gasteiger partial charge on any atom is -0.468 e. The van der Waals surface area contributed by atoms with Crippen LogP contribution >= 0.6 is 0 Å². The van der Waals surface area contributed by atoms with Crippen LogP contribution in [0.4, 0.5) is 0 Å². The van der Waals surface area contributed by atoms with Gasteiger partial charge >= 0.3 is 5.97 Å². The molecular formula is C18H22N2O3. The monoisotopic (exact) mass is 314 g/mol. The summed E-state index contributed by atoms with van der Waals surface area (Å²) < 4.78 is 4.63. The number of amides is 1. The topological polar surface area (TPSA) is 62.4 Å². The number of rotatable bonds is 3. The van der Waals surface area contributed by atoms with Crippen LogP contribution in [0.15, 0.2) is 18.2 Å². The number of carbonyl (C=O) groups excluding carboxylic acids is 2. The molecular weight excluding hydrogens is 292 g/mol. The number of hydrogen-bond donors (Lipinski definition) is 1. The number of ether oxygens (including phenoxy) is 1. The van der Waals surface area contributed by atoms with Crippen molar-refractivity contribution in [3.63, 3.8) is 0 Å². The van der Waals surface area contributed by atoms with Gasteiger partial charge in [-0.25, -0.2) is 0 Å². The summed E-state index contributed by atoms with van der Waals surface area (Å²) in [6.07, 6.45) is 3.24. The molecule has 1 heterocycles. The summed E-state index contributed by atoms with van der Waals surface area (Å²) in [5.41, 5.74) is 4.07. The van der Waals surface area contributed by atoms with Crippen LogP contribution in [0.3, 0.4) is 0 Å². The van der Waals surface area contributed by atoms with E-state index in [0.717, 1.165) is 23.7 Å². The van der Waals surface area contributed by atoms with Gasteiger partial charge in [0.25, 0.3) is 5.91 Å². The molecule has 1 atom stereocenters. The molecule has 1 N–H and O–H groups in total. The largest absolute Gasteiger partial charge is 0.468 e. The highest BCUT2D eigenvalue weighted by Gasteiger charge is 2.23. The Labute approximate surface area is 135 Å². The van der Waals surface area contributed by atoms with Gasteiger partial charge in [-0.15, -0.1) is 0 Å². The minimum atomic E-state index is -0.423. The number of hydrogen-bond acceptors (Lipinski definition) is 3. The predicted octanol–water partition coefficient (Wildman–Crippen LogP) is 2.54. The van der Waals surface area contributed by atoms with Crippen molar-refractivity contribution in [3.8, 4) is 0 Å². The molecule has 1 aliphatic rings. The Bertz CT molecular complexity index is 763. The molecule has 0 bridgehead atoms. The highest BCUT2D eigenvalue weighted by Crippen LogP contribution is 2.33. The van der Waals surface area contributed by atoms with Crippen LogP contribution in [0.1, 0.15) is 35.0 Å². The van der Waals surface area contributed by atoms with E-state index in [9.17, 15) is 9.59 Å². The fourth-order valence-electron chi connectivity index (χ4n) is 3.33. The number of nitrogens with one attached hydrogen (secondary N) is 1. The fourth-order valence-corrected chi connectivity index (χ4v) is 3.33. The first kappa shape index (κ1) is 15.6. The van der Waals surface area contributed by atoms with Crippen LogP contribution in [0.2, 0.25) is 0 Å². The third-order valence-electron chi connectivity index (χ3n) is 4.64. The second-order valence-electron chi connectivity index (χ2n) is 6.40. The molecule has 23 heavy (non-hydrogen) atoms. The highest BCUT2D eigenvalue weighted by molar-refractivity contribution is 6.07. The van der Waals surface area contributed by atoms with Crippen LogP contribution < -0.4 is 0 Å². The summed E-state index contributed by atoms with van der Waals surface area (Å²) in [7, 11) is 2.94. The summed E-state index contributed by atoms with van der Waals surface area (Å²) in [6, 6.07) is 5.79. The Kier molecular flexibility index (Phi) is 4.11. The standard InChI is InChI=1S/C18H22N2O3/c1-11-7-8-15-14(9-11)12-5-4-6-13(17(12)19-15)18(22)20(2)10-16(21)23-3/h4-6,11,19H,7-10H2,1-3H3/t11-/m0/s1. The zero-order chi connectivity index (χ0) is 16.6. The molecule has 1 aliphatic carbocycles. The van der Waals surface area contributed by atoms with Crippen LogP contribution in [0, 0.1) is 5.92 Å². The van der Waals surface area contributed by atoms with Gasteiger partial charge in [0.15, 0.2) is 0 Å². The van der Waals surface area contributed by atoms with E-state index in [1.807, 2.05) is 12.1 Å². The fraction of sp³-hybridized carbons (Fsp3) is 0.444. The zero-order valence-corrected chi connectivity index (χ0v) is 13.8. The van der Waals surface area contributed by atoms with Gasteiger partial charge in [-0.3, -0.25) is 9.59 Å². The van der Waals surface area contributed by atoms with E-state index in [1.165, 1.54) is 29.7 Å². The first-order valence-electron chi connectivity index (χ1n) is 7.96. The summed E-state index contributed by atoms with van der Waals surface area (Å²) in [5.74, 6) is 0.0723. The molecule has 1 aromatic carbocycles. The van der Waals surface area contributed by atoms with E-state index in [4.69, 9.17) is 0 Å². The Morgan fingerprint density at radius 2 is 2.17 bits per heavy atom. The van der Waals surface area contributed by atoms with Crippen LogP contribution in [-0.4, -0.2) is 42.5 Å². The van der Waals surface area contributed by atoms with Crippen molar-refractivity contribution in [3.05, 3.63) is 35.0 Å². The predicted molar refractivity (Wildman–Crippen MR) is 88.5 cm³/mol. The third-order valence-corrected chi connectivity index (χ3v) is 4.64. The number of methoxy groups -OCH3 is 1. The number of para-hydroxylation sites is 1. The molecule has 122 valence electrons. The Hall–Kier alpha value is -2.30. The second kappa shape index (κ2) is 6.07. The minimum absolute atomic E-state index is 0.0524. The maximum Gasteiger partial charge on any atom is 0.325 e. The van der Waals surface area contributed by atoms with Crippen LogP contribution in [0.5, 0.6) is 0 Å². The molecule has 5 heteroatoms. The summed E-state index contributed by atoms with van der Waals surface area (Å²) in [5, 5.41) is 1.13. The number of carbonyl (C=O) groups is 2. The van der Waals surface area contributed by atoms with Gasteiger partial charge in [-0.05, 0) is 36.8 Å². The SMILES string of the molecule is COC(=O)CN(C)C(=O)c1cccc2c3c([nH]c12)CC[C@H](C)C3. The lowest BCUT2D eigenvalue weighted by Crippen LogP contribution is -2.32. The Morgan fingerprint density at radius 1 is 1.39 bits per heavy atom. The van der Waals surface area contributed by atoms with Gasteiger partial charge < -0.3 is 14.6 Å². The van der Waals surface area contributed by atoms with Crippen molar-refractivity contribution in [1.82, 2.24) is 9.88 Å². The molecule has 0 unspecified atom stereocenters. The van der Waals surface area contributed by atoms with Gasteiger partial charge in [-0.1, -0.05) is 19.1 Å². The third kappa shape index (κ3) is 2.83. The van der Waals surface area contributed by atoms with Crippen LogP contribution in [-0.2, 0) is 22.4 Å². The normalized spacial score (nSPS) is 16.9. The maximum absolute atomic E-state index is 12.7. The number of likely N-dealkylation sites (N-methyl/N-ethyl adjacent to an activating group) is 1. The Morgan fingerprint density at radius 3 is 2.91 bits per heavy atom. The van der Waals surface area contributed by atoms with E-state index in [2.05, 4.69) is 22.7 Å². The Balaban J connectivity index is 1.99. The molecule has 3 rings (SSSR count). The molecule has 0 radical (unpaired) electrons. The zero-order valence-electron chi connectivity index (χ0n) is 13.8. The van der Waals surface area contributed by atoms with Gasteiger partial charge in [0.2, 0.25) is 0 Å². The summed E-state index contributed by atoms with van der Waals surface area (Å²) in [4.78, 5) is 28.9. The van der Waals surface area contributed by atoms with Crippen LogP contribution in [0.25, 0.3) is 10.9 Å². The van der Waals surface area contributed by atoms with Gasteiger partial charge in [0, 0.05) is 18.1 Å². The van der Waals surface area contributed by atoms with E-state index < -0.39 is 5.97 Å². The van der Waals surface area contributed by atoms with E-state index in [0.29, 0.717) is 11.5 Å². The quantitative estimate of drug-likeness (QED) is 0.886. The van der Waals surface area contributed by atoms with Crippen molar-refractivity contribution in [2.75, 3.05) is 20.7 Å². The first-order valence-corrected chi connectivity index (χ1v) is 7.96. The van der Waals surface area contributed by atoms with Gasteiger partial charge in [-0.2, -0.15) is 0 Å². The highest BCUT2D eigenvalue weighted by atomic mass is 16.5. The molecule has 0 saturated carbocycles. The number of benzene rings is 1. The van der Waals surface area contributed by atoms with Crippen molar-refractivity contribution < 1.29 is 14.3 Å². The first-order chi connectivity index (χ1) is 11.0. The number of H-pyrrole nitrogens is 1. The molecule has 5 nitrogen and oxygen atoms in total. The summed E-state index contributed by atoms with van der Waals surface area (Å²) in [6.45, 7) is 2.21. The molecule has 0 fully saturated rings. The van der Waals surface area contributed by atoms with Gasteiger partial charge in [0.05, 0.1) is 18.2 Å². The summed E-state index contributed by atoms with van der Waals surface area (Å²) >= 11 is 0. The number of aromatic amines is 1. The lowest BCUT2D eigenvalue weighted by atomic mass is 9.87. The van der Waals surface area contributed by atoms with Crippen molar-refractivity contribution in [1.29, 1.82) is 0 Å². The van der Waals surface area contributed by atoms with Crippen molar-refractivity contribution in [2.24, 2.45) is 5.92 Å². The van der Waals surface area contributed by atoms with E-state index in [1.54, 1.807) is 7.05 Å². The van der Waals surface area contributed by atoms with Gasteiger partial charge in [0.1, 0.15) is 6.54 Å². The molecule has 1 aromatic heterocycles. The smallest absolute Gasteiger partial charge is 0.325 e. The average molecular weight is 314 g/mol. The average Bonchev–Trinajstić information content (AvgIpc) is 2.91. The van der Waals surface area contributed by atoms with E-state index in [-0.39, 0.29) is 12.5 Å². The number of aryl methyl sites for hydroxylation is 1. The molecule has 1 amide bonds. The maximum atomic E-state index is 12.7. The van der Waals surface area contributed by atoms with Crippen molar-refractivity contribution in [2.45, 2.75) is 26.2 Å². The number of fused-ring (bicyclic) bond motifs is 3. The molecule has 0 saturated heterocycles. The van der Waals surface area contributed by atoms with Crippen molar-refractivity contribution >= 4 is 22.8 Å². The number of aromatic nitrogens is 1. The second-order valence-corrected chi connectivity index (χ2v) is 6.40. The number of esters is 1. The molecule has 2 aromatic rings. The molecule has 0 spiro atoms.